The Bertz CT molecular complexity index is 909. The molecule has 0 radical (unpaired) electrons. The molecule has 6 heteroatoms. The van der Waals surface area contributed by atoms with Gasteiger partial charge >= 0.3 is 5.97 Å². The second-order valence-electron chi connectivity index (χ2n) is 5.18. The molecule has 0 saturated carbocycles. The number of hydrogen-bond donors (Lipinski definition) is 1. The average molecular weight is 321 g/mol. The molecular weight excluding hydrogens is 306 g/mol. The molecule has 0 saturated heterocycles. The molecule has 120 valence electrons. The fraction of sp³-hybridized carbons (Fsp3) is 0.111. The number of para-hydroxylation sites is 3. The average Bonchev–Trinajstić information content (AvgIpc) is 2.61. The highest BCUT2D eigenvalue weighted by Crippen LogP contribution is 2.13. The number of ether oxygens (including phenoxy) is 1. The van der Waals surface area contributed by atoms with E-state index in [0.717, 1.165) is 5.56 Å². The topological polar surface area (TPSA) is 81.2 Å². The molecule has 0 unspecified atom stereocenters. The molecule has 1 amide bonds. The summed E-state index contributed by atoms with van der Waals surface area (Å²) in [6.45, 7) is 1.49. The summed E-state index contributed by atoms with van der Waals surface area (Å²) in [6, 6.07) is 14.6. The molecule has 1 aromatic heterocycles. The summed E-state index contributed by atoms with van der Waals surface area (Å²) < 4.78 is 5.00. The van der Waals surface area contributed by atoms with E-state index in [1.165, 1.54) is 6.20 Å². The highest BCUT2D eigenvalue weighted by atomic mass is 16.5. The number of amides is 1. The van der Waals surface area contributed by atoms with Crippen LogP contribution in [0.1, 0.15) is 16.1 Å². The highest BCUT2D eigenvalue weighted by molar-refractivity contribution is 5.95. The number of rotatable bonds is 4. The van der Waals surface area contributed by atoms with Crippen molar-refractivity contribution < 1.29 is 14.3 Å². The van der Waals surface area contributed by atoms with Crippen molar-refractivity contribution >= 4 is 28.6 Å². The van der Waals surface area contributed by atoms with Crippen molar-refractivity contribution in [3.63, 3.8) is 0 Å². The molecule has 0 aliphatic carbocycles. The number of hydrogen-bond acceptors (Lipinski definition) is 5. The molecule has 3 rings (SSSR count). The standard InChI is InChI=1S/C18H15N3O3/c1-12-6-2-3-7-13(12)21-17(22)11-24-18(23)16-10-19-14-8-4-5-9-15(14)20-16/h2-10H,11H2,1H3,(H,21,22). The lowest BCUT2D eigenvalue weighted by molar-refractivity contribution is -0.119. The minimum absolute atomic E-state index is 0.0670. The Labute approximate surface area is 138 Å². The Morgan fingerprint density at radius 3 is 2.54 bits per heavy atom. The van der Waals surface area contributed by atoms with Crippen LogP contribution in [0.25, 0.3) is 11.0 Å². The molecule has 0 bridgehead atoms. The highest BCUT2D eigenvalue weighted by Gasteiger charge is 2.13. The van der Waals surface area contributed by atoms with Gasteiger partial charge in [-0.15, -0.1) is 0 Å². The van der Waals surface area contributed by atoms with Gasteiger partial charge in [0.15, 0.2) is 12.3 Å². The second-order valence-corrected chi connectivity index (χ2v) is 5.18. The van der Waals surface area contributed by atoms with Gasteiger partial charge in [-0.3, -0.25) is 9.78 Å². The molecule has 0 atom stereocenters. The molecule has 0 aliphatic rings. The first-order chi connectivity index (χ1) is 11.6. The zero-order chi connectivity index (χ0) is 16.9. The fourth-order valence-corrected chi connectivity index (χ4v) is 2.16. The summed E-state index contributed by atoms with van der Waals surface area (Å²) in [4.78, 5) is 32.2. The van der Waals surface area contributed by atoms with Gasteiger partial charge in [0, 0.05) is 5.69 Å². The van der Waals surface area contributed by atoms with Crippen molar-refractivity contribution in [1.29, 1.82) is 0 Å². The van der Waals surface area contributed by atoms with E-state index >= 15 is 0 Å². The molecule has 2 aromatic carbocycles. The first-order valence-electron chi connectivity index (χ1n) is 7.38. The lowest BCUT2D eigenvalue weighted by atomic mass is 10.2. The van der Waals surface area contributed by atoms with Gasteiger partial charge in [0.1, 0.15) is 0 Å². The van der Waals surface area contributed by atoms with Crippen LogP contribution in [0.3, 0.4) is 0 Å². The van der Waals surface area contributed by atoms with Gasteiger partial charge in [-0.1, -0.05) is 30.3 Å². The van der Waals surface area contributed by atoms with E-state index in [1.54, 1.807) is 18.2 Å². The number of esters is 1. The molecule has 3 aromatic rings. The SMILES string of the molecule is Cc1ccccc1NC(=O)COC(=O)c1cnc2ccccc2n1. The first kappa shape index (κ1) is 15.6. The molecule has 0 fully saturated rings. The number of anilines is 1. The number of nitrogens with zero attached hydrogens (tertiary/aromatic N) is 2. The quantitative estimate of drug-likeness (QED) is 0.747. The molecule has 1 heterocycles. The Kier molecular flexibility index (Phi) is 4.47. The summed E-state index contributed by atoms with van der Waals surface area (Å²) in [5.74, 6) is -1.10. The van der Waals surface area contributed by atoms with E-state index in [2.05, 4.69) is 15.3 Å². The Hall–Kier alpha value is -3.28. The van der Waals surface area contributed by atoms with Crippen molar-refractivity contribution in [3.8, 4) is 0 Å². The third-order valence-corrected chi connectivity index (χ3v) is 3.41. The van der Waals surface area contributed by atoms with Crippen LogP contribution in [-0.2, 0) is 9.53 Å². The number of aromatic nitrogens is 2. The summed E-state index contributed by atoms with van der Waals surface area (Å²) >= 11 is 0. The van der Waals surface area contributed by atoms with Crippen molar-refractivity contribution in [3.05, 3.63) is 66.0 Å². The first-order valence-corrected chi connectivity index (χ1v) is 7.38. The minimum Gasteiger partial charge on any atom is -0.451 e. The lowest BCUT2D eigenvalue weighted by Gasteiger charge is -2.08. The number of benzene rings is 2. The van der Waals surface area contributed by atoms with Gasteiger partial charge in [-0.25, -0.2) is 9.78 Å². The number of carbonyl (C=O) groups excluding carboxylic acids is 2. The second kappa shape index (κ2) is 6.87. The summed E-state index contributed by atoms with van der Waals surface area (Å²) in [7, 11) is 0. The van der Waals surface area contributed by atoms with Crippen molar-refractivity contribution in [2.24, 2.45) is 0 Å². The Morgan fingerprint density at radius 1 is 1.04 bits per heavy atom. The van der Waals surface area contributed by atoms with E-state index in [1.807, 2.05) is 37.3 Å². The zero-order valence-corrected chi connectivity index (χ0v) is 13.0. The fourth-order valence-electron chi connectivity index (χ4n) is 2.16. The van der Waals surface area contributed by atoms with Crippen LogP contribution >= 0.6 is 0 Å². The zero-order valence-electron chi connectivity index (χ0n) is 13.0. The summed E-state index contributed by atoms with van der Waals surface area (Å²) in [5.41, 5.74) is 2.96. The maximum absolute atomic E-state index is 12.0. The van der Waals surface area contributed by atoms with Crippen LogP contribution in [0.5, 0.6) is 0 Å². The Balaban J connectivity index is 1.62. The lowest BCUT2D eigenvalue weighted by Crippen LogP contribution is -2.21. The molecule has 0 spiro atoms. The van der Waals surface area contributed by atoms with Gasteiger partial charge in [-0.05, 0) is 30.7 Å². The smallest absolute Gasteiger partial charge is 0.359 e. The number of aryl methyl sites for hydroxylation is 1. The molecule has 6 nitrogen and oxygen atoms in total. The van der Waals surface area contributed by atoms with Gasteiger partial charge in [0.2, 0.25) is 0 Å². The normalized spacial score (nSPS) is 10.4. The van der Waals surface area contributed by atoms with E-state index < -0.39 is 11.9 Å². The molecular formula is C18H15N3O3. The van der Waals surface area contributed by atoms with Crippen LogP contribution in [0.15, 0.2) is 54.7 Å². The largest absolute Gasteiger partial charge is 0.451 e. The summed E-state index contributed by atoms with van der Waals surface area (Å²) in [5, 5.41) is 2.69. The Morgan fingerprint density at radius 2 is 1.75 bits per heavy atom. The predicted molar refractivity (Wildman–Crippen MR) is 89.6 cm³/mol. The monoisotopic (exact) mass is 321 g/mol. The van der Waals surface area contributed by atoms with E-state index in [4.69, 9.17) is 4.74 Å². The van der Waals surface area contributed by atoms with Crippen LogP contribution < -0.4 is 5.32 Å². The third-order valence-electron chi connectivity index (χ3n) is 3.41. The van der Waals surface area contributed by atoms with E-state index in [9.17, 15) is 9.59 Å². The third kappa shape index (κ3) is 3.55. The molecule has 0 aliphatic heterocycles. The van der Waals surface area contributed by atoms with Crippen molar-refractivity contribution in [1.82, 2.24) is 9.97 Å². The van der Waals surface area contributed by atoms with Crippen molar-refractivity contribution in [2.75, 3.05) is 11.9 Å². The van der Waals surface area contributed by atoms with Crippen LogP contribution in [0.2, 0.25) is 0 Å². The maximum Gasteiger partial charge on any atom is 0.359 e. The van der Waals surface area contributed by atoms with Gasteiger partial charge in [-0.2, -0.15) is 0 Å². The van der Waals surface area contributed by atoms with Gasteiger partial charge < -0.3 is 10.1 Å². The van der Waals surface area contributed by atoms with Crippen molar-refractivity contribution in [2.45, 2.75) is 6.92 Å². The summed E-state index contributed by atoms with van der Waals surface area (Å²) in [6.07, 6.45) is 1.34. The van der Waals surface area contributed by atoms with E-state index in [-0.39, 0.29) is 12.3 Å². The predicted octanol–water partition coefficient (Wildman–Crippen LogP) is 2.73. The number of nitrogens with one attached hydrogen (secondary N) is 1. The number of carbonyl (C=O) groups is 2. The van der Waals surface area contributed by atoms with Gasteiger partial charge in [0.25, 0.3) is 5.91 Å². The van der Waals surface area contributed by atoms with Crippen LogP contribution in [0, 0.1) is 6.92 Å². The maximum atomic E-state index is 12.0. The molecule has 24 heavy (non-hydrogen) atoms. The van der Waals surface area contributed by atoms with Crippen LogP contribution in [-0.4, -0.2) is 28.5 Å². The van der Waals surface area contributed by atoms with Gasteiger partial charge in [0.05, 0.1) is 17.2 Å². The van der Waals surface area contributed by atoms with E-state index in [0.29, 0.717) is 16.7 Å². The van der Waals surface area contributed by atoms with Crippen LogP contribution in [0.4, 0.5) is 5.69 Å². The minimum atomic E-state index is -0.687. The molecule has 1 N–H and O–H groups in total. The number of fused-ring (bicyclic) bond motifs is 1.